The van der Waals surface area contributed by atoms with Crippen LogP contribution in [0.3, 0.4) is 0 Å². The van der Waals surface area contributed by atoms with Gasteiger partial charge in [-0.15, -0.1) is 11.3 Å². The number of alkyl carbamates (subject to hydrolysis) is 1. The Morgan fingerprint density at radius 2 is 1.50 bits per heavy atom. The molecule has 0 saturated carbocycles. The zero-order valence-corrected chi connectivity index (χ0v) is 37.6. The molecule has 2 N–H and O–H groups in total. The first-order chi connectivity index (χ1) is 29.7. The Bertz CT molecular complexity index is 2130. The summed E-state index contributed by atoms with van der Waals surface area (Å²) in [6, 6.07) is 24.1. The zero-order valence-electron chi connectivity index (χ0n) is 36.8. The number of nitrogens with zero attached hydrogens (tertiary/aromatic N) is 2. The van der Waals surface area contributed by atoms with Gasteiger partial charge in [0.05, 0.1) is 5.92 Å². The molecule has 1 heterocycles. The summed E-state index contributed by atoms with van der Waals surface area (Å²) in [6.07, 6.45) is 1.56. The first kappa shape index (κ1) is 47.2. The van der Waals surface area contributed by atoms with Crippen LogP contribution in [0, 0.1) is 17.8 Å². The number of hydrogen-bond donors (Lipinski definition) is 2. The van der Waals surface area contributed by atoms with Gasteiger partial charge in [-0.05, 0) is 52.5 Å². The lowest BCUT2D eigenvalue weighted by Gasteiger charge is -2.36. The van der Waals surface area contributed by atoms with E-state index in [4.69, 9.17) is 14.2 Å². The molecule has 62 heavy (non-hydrogen) atoms. The SMILES string of the molecule is C=CCOC(=O)[C@@H](C)C[C@H](Cc1ccccc1)NC(=O)c1csc([C@@H](C[C@H](C(C)C)N(C)C(=O)[C@@H](NC(=O)OCC2c3ccccc3-c3ccccc32)C(C)CC)OC(C)=O)n1. The number of benzene rings is 3. The molecule has 13 heteroatoms. The van der Waals surface area contributed by atoms with Crippen molar-refractivity contribution in [2.45, 2.75) is 97.4 Å². The summed E-state index contributed by atoms with van der Waals surface area (Å²) in [5.74, 6) is -2.63. The van der Waals surface area contributed by atoms with Gasteiger partial charge in [-0.3, -0.25) is 19.2 Å². The van der Waals surface area contributed by atoms with E-state index >= 15 is 0 Å². The molecule has 3 aromatic carbocycles. The maximum absolute atomic E-state index is 14.4. The molecule has 0 radical (unpaired) electrons. The number of thiazole rings is 1. The van der Waals surface area contributed by atoms with Gasteiger partial charge < -0.3 is 29.7 Å². The van der Waals surface area contributed by atoms with E-state index < -0.39 is 48.1 Å². The fraction of sp³-hybridized carbons (Fsp3) is 0.429. The number of rotatable bonds is 21. The summed E-state index contributed by atoms with van der Waals surface area (Å²) in [6.45, 7) is 14.7. The van der Waals surface area contributed by atoms with Crippen LogP contribution >= 0.6 is 11.3 Å². The Balaban J connectivity index is 1.28. The van der Waals surface area contributed by atoms with Crippen molar-refractivity contribution >= 4 is 41.2 Å². The van der Waals surface area contributed by atoms with Crippen molar-refractivity contribution in [2.24, 2.45) is 17.8 Å². The van der Waals surface area contributed by atoms with Gasteiger partial charge in [-0.1, -0.05) is 133 Å². The van der Waals surface area contributed by atoms with E-state index in [1.54, 1.807) is 24.3 Å². The first-order valence-corrected chi connectivity index (χ1v) is 22.2. The van der Waals surface area contributed by atoms with E-state index in [1.165, 1.54) is 24.3 Å². The molecule has 1 unspecified atom stereocenters. The lowest BCUT2D eigenvalue weighted by atomic mass is 9.93. The second-order valence-electron chi connectivity index (χ2n) is 16.4. The van der Waals surface area contributed by atoms with E-state index in [9.17, 15) is 24.0 Å². The molecule has 0 saturated heterocycles. The molecule has 0 bridgehead atoms. The van der Waals surface area contributed by atoms with Crippen molar-refractivity contribution in [3.05, 3.63) is 124 Å². The average Bonchev–Trinajstić information content (AvgIpc) is 3.88. The molecule has 5 rings (SSSR count). The highest BCUT2D eigenvalue weighted by Gasteiger charge is 2.37. The van der Waals surface area contributed by atoms with Crippen LogP contribution in [0.1, 0.15) is 105 Å². The summed E-state index contributed by atoms with van der Waals surface area (Å²) in [5.41, 5.74) is 5.54. The van der Waals surface area contributed by atoms with Crippen LogP contribution in [0.2, 0.25) is 0 Å². The molecular formula is C49H60N4O8S. The van der Waals surface area contributed by atoms with Gasteiger partial charge in [-0.2, -0.15) is 0 Å². The number of nitrogens with one attached hydrogen (secondary N) is 2. The first-order valence-electron chi connectivity index (χ1n) is 21.3. The number of amides is 3. The Kier molecular flexibility index (Phi) is 17.0. The van der Waals surface area contributed by atoms with Crippen LogP contribution in [0.4, 0.5) is 4.79 Å². The lowest BCUT2D eigenvalue weighted by molar-refractivity contribution is -0.149. The molecule has 1 aromatic heterocycles. The largest absolute Gasteiger partial charge is 0.461 e. The Labute approximate surface area is 369 Å². The molecule has 4 aromatic rings. The molecular weight excluding hydrogens is 805 g/mol. The van der Waals surface area contributed by atoms with Crippen LogP contribution in [0.25, 0.3) is 11.1 Å². The van der Waals surface area contributed by atoms with E-state index in [2.05, 4.69) is 46.5 Å². The molecule has 3 amide bonds. The van der Waals surface area contributed by atoms with Crippen LogP contribution in [-0.2, 0) is 35.0 Å². The maximum atomic E-state index is 14.4. The van der Waals surface area contributed by atoms with Gasteiger partial charge in [0.2, 0.25) is 5.91 Å². The van der Waals surface area contributed by atoms with Crippen molar-refractivity contribution < 1.29 is 38.2 Å². The smallest absolute Gasteiger partial charge is 0.407 e. The Hall–Kier alpha value is -5.82. The lowest BCUT2D eigenvalue weighted by Crippen LogP contribution is -2.54. The summed E-state index contributed by atoms with van der Waals surface area (Å²) in [5, 5.41) is 7.95. The van der Waals surface area contributed by atoms with Crippen molar-refractivity contribution in [3.8, 4) is 11.1 Å². The third-order valence-electron chi connectivity index (χ3n) is 11.5. The highest BCUT2D eigenvalue weighted by Crippen LogP contribution is 2.44. The van der Waals surface area contributed by atoms with Crippen LogP contribution < -0.4 is 10.6 Å². The number of likely N-dealkylation sites (N-methyl/N-ethyl adjacent to an activating group) is 1. The number of ether oxygens (including phenoxy) is 3. The molecule has 12 nitrogen and oxygen atoms in total. The highest BCUT2D eigenvalue weighted by atomic mass is 32.1. The zero-order chi connectivity index (χ0) is 44.9. The van der Waals surface area contributed by atoms with Crippen molar-refractivity contribution in [3.63, 3.8) is 0 Å². The number of aromatic nitrogens is 1. The standard InChI is InChI=1S/C49H60N4O8S/c1-9-24-59-48(57)32(6)25-35(26-34-18-12-11-13-19-34)50-45(55)41-29-62-46(51-41)43(61-33(7)54)27-42(30(3)4)53(8)47(56)44(31(5)10-2)52-49(58)60-28-40-38-22-16-14-20-36(38)37-21-15-17-23-39(37)40/h9,11-23,29-32,35,40,42-44H,1,10,24-28H2,2-8H3,(H,50,55)(H,52,58)/t31?,32-,35+,42+,43+,44-/m0/s1. The predicted octanol–water partition coefficient (Wildman–Crippen LogP) is 8.67. The number of hydrogen-bond acceptors (Lipinski definition) is 10. The molecule has 330 valence electrons. The van der Waals surface area contributed by atoms with Crippen molar-refractivity contribution in [1.29, 1.82) is 0 Å². The predicted molar refractivity (Wildman–Crippen MR) is 240 cm³/mol. The molecule has 1 aliphatic rings. The molecule has 0 fully saturated rings. The Morgan fingerprint density at radius 3 is 2.10 bits per heavy atom. The Morgan fingerprint density at radius 1 is 0.871 bits per heavy atom. The van der Waals surface area contributed by atoms with Crippen molar-refractivity contribution in [2.75, 3.05) is 20.3 Å². The fourth-order valence-corrected chi connectivity index (χ4v) is 8.87. The second-order valence-corrected chi connectivity index (χ2v) is 17.3. The number of fused-ring (bicyclic) bond motifs is 3. The van der Waals surface area contributed by atoms with Gasteiger partial charge in [0.25, 0.3) is 5.91 Å². The number of carbonyl (C=O) groups excluding carboxylic acids is 5. The highest BCUT2D eigenvalue weighted by molar-refractivity contribution is 7.09. The summed E-state index contributed by atoms with van der Waals surface area (Å²) >= 11 is 1.18. The molecule has 6 atom stereocenters. The third-order valence-corrected chi connectivity index (χ3v) is 12.5. The van der Waals surface area contributed by atoms with Crippen LogP contribution in [0.15, 0.2) is 96.9 Å². The summed E-state index contributed by atoms with van der Waals surface area (Å²) in [4.78, 5) is 73.0. The van der Waals surface area contributed by atoms with E-state index in [1.807, 2.05) is 82.3 Å². The van der Waals surface area contributed by atoms with E-state index in [-0.39, 0.29) is 55.0 Å². The minimum Gasteiger partial charge on any atom is -0.461 e. The molecule has 0 aliphatic heterocycles. The quantitative estimate of drug-likeness (QED) is 0.0476. The van der Waals surface area contributed by atoms with Crippen LogP contribution in [-0.4, -0.2) is 78.1 Å². The third kappa shape index (κ3) is 12.2. The normalized spacial score (nSPS) is 14.8. The van der Waals surface area contributed by atoms with Gasteiger partial charge in [0.1, 0.15) is 30.0 Å². The summed E-state index contributed by atoms with van der Waals surface area (Å²) < 4.78 is 16.9. The number of carbonyl (C=O) groups is 5. The average molecular weight is 865 g/mol. The van der Waals surface area contributed by atoms with Crippen LogP contribution in [0.5, 0.6) is 0 Å². The molecule has 0 spiro atoms. The van der Waals surface area contributed by atoms with Gasteiger partial charge in [0, 0.05) is 43.8 Å². The monoisotopic (exact) mass is 864 g/mol. The number of esters is 2. The topological polar surface area (TPSA) is 153 Å². The van der Waals surface area contributed by atoms with Crippen molar-refractivity contribution in [1.82, 2.24) is 20.5 Å². The van der Waals surface area contributed by atoms with Gasteiger partial charge in [-0.25, -0.2) is 9.78 Å². The molecule has 1 aliphatic carbocycles. The van der Waals surface area contributed by atoms with Gasteiger partial charge >= 0.3 is 18.0 Å². The minimum atomic E-state index is -0.889. The fourth-order valence-electron chi connectivity index (χ4n) is 8.03. The van der Waals surface area contributed by atoms with E-state index in [0.717, 1.165) is 27.8 Å². The van der Waals surface area contributed by atoms with Gasteiger partial charge in [0.15, 0.2) is 6.10 Å². The minimum absolute atomic E-state index is 0.0994. The summed E-state index contributed by atoms with van der Waals surface area (Å²) in [7, 11) is 1.69. The maximum Gasteiger partial charge on any atom is 0.407 e. The second kappa shape index (κ2) is 22.3. The van der Waals surface area contributed by atoms with E-state index in [0.29, 0.717) is 24.3 Å².